The fraction of sp³-hybridized carbons (Fsp3) is 0.538. The summed E-state index contributed by atoms with van der Waals surface area (Å²) < 4.78 is 0. The van der Waals surface area contributed by atoms with Crippen LogP contribution in [0.3, 0.4) is 0 Å². The van der Waals surface area contributed by atoms with Crippen molar-refractivity contribution >= 4 is 11.6 Å². The van der Waals surface area contributed by atoms with Gasteiger partial charge in [-0.2, -0.15) is 0 Å². The average molecular weight is 248 g/mol. The van der Waals surface area contributed by atoms with Gasteiger partial charge in [-0.05, 0) is 25.5 Å². The monoisotopic (exact) mass is 248 g/mol. The zero-order valence-corrected chi connectivity index (χ0v) is 11.0. The lowest BCUT2D eigenvalue weighted by molar-refractivity contribution is -0.127. The molecule has 5 nitrogen and oxygen atoms in total. The molecule has 1 atom stereocenters. The maximum atomic E-state index is 11.8. The Morgan fingerprint density at radius 3 is 2.78 bits per heavy atom. The van der Waals surface area contributed by atoms with Gasteiger partial charge in [-0.3, -0.25) is 9.78 Å². The standard InChI is InChI=1S/C13H20N4O/c1-10(14)12-5-4-11(8-15-12)17-7-3-6-16(2)13(18)9-17/h4-5,8,10H,3,6-7,9,14H2,1-2H3/t10-/m1/s1. The molecule has 0 unspecified atom stereocenters. The van der Waals surface area contributed by atoms with E-state index >= 15 is 0 Å². The van der Waals surface area contributed by atoms with Crippen LogP contribution in [-0.2, 0) is 4.79 Å². The van der Waals surface area contributed by atoms with E-state index in [9.17, 15) is 4.79 Å². The number of aromatic nitrogens is 1. The normalized spacial score (nSPS) is 18.7. The zero-order valence-electron chi connectivity index (χ0n) is 11.0. The molecule has 0 aromatic carbocycles. The molecule has 5 heteroatoms. The molecule has 1 aromatic heterocycles. The van der Waals surface area contributed by atoms with Crippen molar-refractivity contribution in [2.45, 2.75) is 19.4 Å². The molecule has 0 aliphatic carbocycles. The summed E-state index contributed by atoms with van der Waals surface area (Å²) >= 11 is 0. The molecule has 1 fully saturated rings. The van der Waals surface area contributed by atoms with Crippen LogP contribution in [-0.4, -0.2) is 42.5 Å². The number of anilines is 1. The van der Waals surface area contributed by atoms with Crippen molar-refractivity contribution < 1.29 is 4.79 Å². The number of hydrogen-bond acceptors (Lipinski definition) is 4. The maximum absolute atomic E-state index is 11.8. The Labute approximate surface area is 108 Å². The topological polar surface area (TPSA) is 62.5 Å². The van der Waals surface area contributed by atoms with Gasteiger partial charge in [0.15, 0.2) is 0 Å². The van der Waals surface area contributed by atoms with E-state index in [-0.39, 0.29) is 11.9 Å². The molecule has 0 spiro atoms. The molecule has 0 radical (unpaired) electrons. The van der Waals surface area contributed by atoms with Crippen molar-refractivity contribution in [3.63, 3.8) is 0 Å². The van der Waals surface area contributed by atoms with Crippen LogP contribution in [0.2, 0.25) is 0 Å². The van der Waals surface area contributed by atoms with Crippen LogP contribution in [0.5, 0.6) is 0 Å². The van der Waals surface area contributed by atoms with Crippen LogP contribution < -0.4 is 10.6 Å². The van der Waals surface area contributed by atoms with Crippen molar-refractivity contribution in [1.82, 2.24) is 9.88 Å². The summed E-state index contributed by atoms with van der Waals surface area (Å²) in [6, 6.07) is 3.86. The Bertz CT molecular complexity index is 416. The van der Waals surface area contributed by atoms with E-state index < -0.39 is 0 Å². The molecule has 1 amide bonds. The quantitative estimate of drug-likeness (QED) is 0.839. The second-order valence-corrected chi connectivity index (χ2v) is 4.82. The number of hydrogen-bond donors (Lipinski definition) is 1. The molecule has 0 bridgehead atoms. The summed E-state index contributed by atoms with van der Waals surface area (Å²) in [6.07, 6.45) is 2.79. The Morgan fingerprint density at radius 1 is 1.39 bits per heavy atom. The first-order chi connectivity index (χ1) is 8.58. The van der Waals surface area contributed by atoms with E-state index in [4.69, 9.17) is 5.73 Å². The molecule has 98 valence electrons. The van der Waals surface area contributed by atoms with E-state index in [1.54, 1.807) is 11.1 Å². The van der Waals surface area contributed by atoms with Crippen LogP contribution in [0.4, 0.5) is 5.69 Å². The first-order valence-electron chi connectivity index (χ1n) is 6.28. The highest BCUT2D eigenvalue weighted by Crippen LogP contribution is 2.17. The SMILES string of the molecule is C[C@@H](N)c1ccc(N2CCCN(C)C(=O)C2)cn1. The molecule has 1 aliphatic heterocycles. The summed E-state index contributed by atoms with van der Waals surface area (Å²) in [7, 11) is 1.85. The number of likely N-dealkylation sites (N-methyl/N-ethyl adjacent to an activating group) is 1. The molecule has 0 saturated carbocycles. The third-order valence-corrected chi connectivity index (χ3v) is 3.28. The van der Waals surface area contributed by atoms with Gasteiger partial charge in [0.1, 0.15) is 0 Å². The second kappa shape index (κ2) is 5.35. The molecular formula is C13H20N4O. The molecule has 2 heterocycles. The first-order valence-corrected chi connectivity index (χ1v) is 6.28. The summed E-state index contributed by atoms with van der Waals surface area (Å²) in [4.78, 5) is 20.0. The number of pyridine rings is 1. The van der Waals surface area contributed by atoms with E-state index in [0.29, 0.717) is 6.54 Å². The molecule has 2 rings (SSSR count). The molecule has 1 saturated heterocycles. The lowest BCUT2D eigenvalue weighted by Gasteiger charge is -2.21. The minimum absolute atomic E-state index is 0.0593. The minimum atomic E-state index is -0.0593. The van der Waals surface area contributed by atoms with Crippen LogP contribution in [0.15, 0.2) is 18.3 Å². The number of nitrogens with two attached hydrogens (primary N) is 1. The summed E-state index contributed by atoms with van der Waals surface area (Å²) in [6.45, 7) is 4.04. The van der Waals surface area contributed by atoms with Gasteiger partial charge in [-0.1, -0.05) is 0 Å². The molecule has 18 heavy (non-hydrogen) atoms. The molecule has 1 aliphatic rings. The van der Waals surface area contributed by atoms with Gasteiger partial charge in [0.2, 0.25) is 5.91 Å². The lowest BCUT2D eigenvalue weighted by Crippen LogP contribution is -2.34. The van der Waals surface area contributed by atoms with Crippen LogP contribution >= 0.6 is 0 Å². The minimum Gasteiger partial charge on any atom is -0.361 e. The highest BCUT2D eigenvalue weighted by atomic mass is 16.2. The Morgan fingerprint density at radius 2 is 2.17 bits per heavy atom. The number of rotatable bonds is 2. The molecular weight excluding hydrogens is 228 g/mol. The van der Waals surface area contributed by atoms with Gasteiger partial charge < -0.3 is 15.5 Å². The van der Waals surface area contributed by atoms with Crippen molar-refractivity contribution in [3.8, 4) is 0 Å². The highest BCUT2D eigenvalue weighted by Gasteiger charge is 2.19. The largest absolute Gasteiger partial charge is 0.361 e. The zero-order chi connectivity index (χ0) is 13.1. The van der Waals surface area contributed by atoms with Crippen molar-refractivity contribution in [2.24, 2.45) is 5.73 Å². The van der Waals surface area contributed by atoms with Gasteiger partial charge in [0.05, 0.1) is 24.1 Å². The summed E-state index contributed by atoms with van der Waals surface area (Å²) in [5, 5.41) is 0. The molecule has 2 N–H and O–H groups in total. The number of nitrogens with zero attached hydrogens (tertiary/aromatic N) is 3. The van der Waals surface area contributed by atoms with Crippen molar-refractivity contribution in [3.05, 3.63) is 24.0 Å². The third-order valence-electron chi connectivity index (χ3n) is 3.28. The number of carbonyl (C=O) groups excluding carboxylic acids is 1. The summed E-state index contributed by atoms with van der Waals surface area (Å²) in [5.41, 5.74) is 7.63. The van der Waals surface area contributed by atoms with E-state index in [1.165, 1.54) is 0 Å². The van der Waals surface area contributed by atoms with Crippen LogP contribution in [0.1, 0.15) is 25.1 Å². The van der Waals surface area contributed by atoms with Crippen molar-refractivity contribution in [1.29, 1.82) is 0 Å². The van der Waals surface area contributed by atoms with Gasteiger partial charge >= 0.3 is 0 Å². The van der Waals surface area contributed by atoms with Crippen LogP contribution in [0, 0.1) is 0 Å². The maximum Gasteiger partial charge on any atom is 0.241 e. The van der Waals surface area contributed by atoms with Crippen LogP contribution in [0.25, 0.3) is 0 Å². The average Bonchev–Trinajstić information content (AvgIpc) is 2.52. The van der Waals surface area contributed by atoms with Gasteiger partial charge in [-0.15, -0.1) is 0 Å². The fourth-order valence-electron chi connectivity index (χ4n) is 2.06. The first kappa shape index (κ1) is 12.8. The lowest BCUT2D eigenvalue weighted by atomic mass is 10.2. The summed E-state index contributed by atoms with van der Waals surface area (Å²) in [5.74, 6) is 0.156. The van der Waals surface area contributed by atoms with Gasteiger partial charge in [-0.25, -0.2) is 0 Å². The Hall–Kier alpha value is -1.62. The smallest absolute Gasteiger partial charge is 0.241 e. The number of amides is 1. The second-order valence-electron chi connectivity index (χ2n) is 4.82. The number of carbonyl (C=O) groups is 1. The van der Waals surface area contributed by atoms with Gasteiger partial charge in [0, 0.05) is 26.2 Å². The fourth-order valence-corrected chi connectivity index (χ4v) is 2.06. The predicted octanol–water partition coefficient (Wildman–Crippen LogP) is 0.770. The molecule has 1 aromatic rings. The Balaban J connectivity index is 2.13. The third kappa shape index (κ3) is 2.79. The van der Waals surface area contributed by atoms with E-state index in [0.717, 1.165) is 30.9 Å². The predicted molar refractivity (Wildman–Crippen MR) is 71.3 cm³/mol. The van der Waals surface area contributed by atoms with Crippen molar-refractivity contribution in [2.75, 3.05) is 31.6 Å². The highest BCUT2D eigenvalue weighted by molar-refractivity contribution is 5.81. The van der Waals surface area contributed by atoms with E-state index in [1.807, 2.05) is 26.1 Å². The Kier molecular flexibility index (Phi) is 3.81. The van der Waals surface area contributed by atoms with E-state index in [2.05, 4.69) is 9.88 Å². The van der Waals surface area contributed by atoms with Gasteiger partial charge in [0.25, 0.3) is 0 Å².